The summed E-state index contributed by atoms with van der Waals surface area (Å²) in [6, 6.07) is 5.74. The van der Waals surface area contributed by atoms with E-state index >= 15 is 0 Å². The van der Waals surface area contributed by atoms with Crippen LogP contribution >= 0.6 is 0 Å². The number of carbonyl (C=O) groups excluding carboxylic acids is 1. The Labute approximate surface area is 88.7 Å². The third kappa shape index (κ3) is 1.44. The molecule has 1 aromatic carbocycles. The predicted molar refractivity (Wildman–Crippen MR) is 60.1 cm³/mol. The summed E-state index contributed by atoms with van der Waals surface area (Å²) in [5.41, 5.74) is 2.58. The number of hydrogen-bond acceptors (Lipinski definition) is 2. The molecule has 2 rings (SSSR count). The van der Waals surface area contributed by atoms with Crippen molar-refractivity contribution in [1.82, 2.24) is 9.55 Å². The minimum absolute atomic E-state index is 0.152. The summed E-state index contributed by atoms with van der Waals surface area (Å²) in [7, 11) is 1.96. The molecule has 0 aliphatic heterocycles. The highest BCUT2D eigenvalue weighted by molar-refractivity contribution is 6.06. The van der Waals surface area contributed by atoms with Gasteiger partial charge in [-0.2, -0.15) is 0 Å². The van der Waals surface area contributed by atoms with Gasteiger partial charge in [-0.3, -0.25) is 4.79 Å². The minimum Gasteiger partial charge on any atom is -0.331 e. The Balaban J connectivity index is 2.77. The molecule has 0 saturated heterocycles. The number of fused-ring (bicyclic) bond motifs is 1. The van der Waals surface area contributed by atoms with E-state index in [2.05, 4.69) is 4.98 Å². The smallest absolute Gasteiger partial charge is 0.164 e. The van der Waals surface area contributed by atoms with Gasteiger partial charge in [0.05, 0.1) is 11.0 Å². The molecule has 0 unspecified atom stereocenters. The predicted octanol–water partition coefficient (Wildman–Crippen LogP) is 2.47. The Hall–Kier alpha value is -1.64. The van der Waals surface area contributed by atoms with Gasteiger partial charge in [-0.1, -0.05) is 13.0 Å². The van der Waals surface area contributed by atoms with Crippen LogP contribution in [0.15, 0.2) is 18.2 Å². The van der Waals surface area contributed by atoms with Gasteiger partial charge >= 0.3 is 0 Å². The van der Waals surface area contributed by atoms with Crippen LogP contribution in [0.5, 0.6) is 0 Å². The highest BCUT2D eigenvalue weighted by Crippen LogP contribution is 2.19. The molecule has 3 nitrogen and oxygen atoms in total. The summed E-state index contributed by atoms with van der Waals surface area (Å²) >= 11 is 0. The lowest BCUT2D eigenvalue weighted by molar-refractivity contribution is 0.0989. The molecule has 78 valence electrons. The van der Waals surface area contributed by atoms with Crippen molar-refractivity contribution in [2.45, 2.75) is 20.3 Å². The van der Waals surface area contributed by atoms with Crippen molar-refractivity contribution in [1.29, 1.82) is 0 Å². The van der Waals surface area contributed by atoms with E-state index in [0.717, 1.165) is 22.4 Å². The highest BCUT2D eigenvalue weighted by Gasteiger charge is 2.12. The standard InChI is InChI=1S/C12H14N2O/c1-4-11(15)9-6-5-7-10-12(9)13-8(2)14(10)3/h5-7H,4H2,1-3H3. The van der Waals surface area contributed by atoms with Crippen molar-refractivity contribution in [2.24, 2.45) is 7.05 Å². The quantitative estimate of drug-likeness (QED) is 0.701. The zero-order chi connectivity index (χ0) is 11.0. The maximum absolute atomic E-state index is 11.7. The maximum atomic E-state index is 11.7. The summed E-state index contributed by atoms with van der Waals surface area (Å²) in [5.74, 6) is 1.08. The Bertz CT molecular complexity index is 526. The third-order valence-corrected chi connectivity index (χ3v) is 2.76. The van der Waals surface area contributed by atoms with E-state index in [0.29, 0.717) is 6.42 Å². The van der Waals surface area contributed by atoms with E-state index in [4.69, 9.17) is 0 Å². The average molecular weight is 202 g/mol. The van der Waals surface area contributed by atoms with Crippen LogP contribution in [0.25, 0.3) is 11.0 Å². The van der Waals surface area contributed by atoms with Gasteiger partial charge < -0.3 is 4.57 Å². The highest BCUT2D eigenvalue weighted by atomic mass is 16.1. The number of aromatic nitrogens is 2. The van der Waals surface area contributed by atoms with Gasteiger partial charge in [0, 0.05) is 19.0 Å². The van der Waals surface area contributed by atoms with E-state index in [-0.39, 0.29) is 5.78 Å². The van der Waals surface area contributed by atoms with Gasteiger partial charge in [-0.25, -0.2) is 4.98 Å². The SMILES string of the molecule is CCC(=O)c1cccc2c1nc(C)n2C. The lowest BCUT2D eigenvalue weighted by Crippen LogP contribution is -1.97. The molecule has 0 aliphatic carbocycles. The number of hydrogen-bond donors (Lipinski definition) is 0. The van der Waals surface area contributed by atoms with E-state index in [1.807, 2.05) is 43.7 Å². The van der Waals surface area contributed by atoms with Crippen molar-refractivity contribution >= 4 is 16.8 Å². The zero-order valence-corrected chi connectivity index (χ0v) is 9.24. The molecule has 1 heterocycles. The number of Topliss-reactive ketones (excluding diaryl/α,β-unsaturated/α-hetero) is 1. The molecule has 3 heteroatoms. The second kappa shape index (κ2) is 3.50. The summed E-state index contributed by atoms with van der Waals surface area (Å²) in [5, 5.41) is 0. The van der Waals surface area contributed by atoms with Gasteiger partial charge in [0.2, 0.25) is 0 Å². The molecular weight excluding hydrogens is 188 g/mol. The van der Waals surface area contributed by atoms with Gasteiger partial charge in [-0.15, -0.1) is 0 Å². The topological polar surface area (TPSA) is 34.9 Å². The summed E-state index contributed by atoms with van der Waals surface area (Å²) in [6.07, 6.45) is 0.523. The fourth-order valence-electron chi connectivity index (χ4n) is 1.75. The maximum Gasteiger partial charge on any atom is 0.164 e. The number of rotatable bonds is 2. The Kier molecular flexibility index (Phi) is 2.31. The lowest BCUT2D eigenvalue weighted by Gasteiger charge is -1.99. The number of para-hydroxylation sites is 1. The van der Waals surface area contributed by atoms with Crippen LogP contribution < -0.4 is 0 Å². The summed E-state index contributed by atoms with van der Waals surface area (Å²) < 4.78 is 2.00. The second-order valence-electron chi connectivity index (χ2n) is 3.67. The molecule has 0 spiro atoms. The number of imidazole rings is 1. The van der Waals surface area contributed by atoms with Gasteiger partial charge in [0.1, 0.15) is 5.82 Å². The largest absolute Gasteiger partial charge is 0.331 e. The number of ketones is 1. The molecule has 1 aromatic heterocycles. The molecule has 2 aromatic rings. The number of benzene rings is 1. The first kappa shape index (κ1) is 9.90. The normalized spacial score (nSPS) is 10.9. The van der Waals surface area contributed by atoms with Crippen LogP contribution in [0.3, 0.4) is 0 Å². The molecule has 0 bridgehead atoms. The van der Waals surface area contributed by atoms with Crippen LogP contribution in [0.1, 0.15) is 29.5 Å². The third-order valence-electron chi connectivity index (χ3n) is 2.76. The Morgan fingerprint density at radius 2 is 2.20 bits per heavy atom. The van der Waals surface area contributed by atoms with Crippen molar-refractivity contribution in [3.8, 4) is 0 Å². The van der Waals surface area contributed by atoms with Crippen LogP contribution in [0.2, 0.25) is 0 Å². The summed E-state index contributed by atoms with van der Waals surface area (Å²) in [6.45, 7) is 3.82. The molecule has 0 aliphatic rings. The molecule has 0 fully saturated rings. The Morgan fingerprint density at radius 3 is 2.87 bits per heavy atom. The van der Waals surface area contributed by atoms with Crippen molar-refractivity contribution in [3.63, 3.8) is 0 Å². The monoisotopic (exact) mass is 202 g/mol. The number of nitrogens with zero attached hydrogens (tertiary/aromatic N) is 2. The first-order chi connectivity index (χ1) is 7.15. The van der Waals surface area contributed by atoms with Gasteiger partial charge in [0.15, 0.2) is 5.78 Å². The van der Waals surface area contributed by atoms with E-state index < -0.39 is 0 Å². The van der Waals surface area contributed by atoms with Crippen LogP contribution in [-0.4, -0.2) is 15.3 Å². The molecule has 0 saturated carbocycles. The molecule has 0 amide bonds. The number of aryl methyl sites for hydroxylation is 2. The first-order valence-corrected chi connectivity index (χ1v) is 5.10. The van der Waals surface area contributed by atoms with Crippen LogP contribution in [0.4, 0.5) is 0 Å². The first-order valence-electron chi connectivity index (χ1n) is 5.10. The van der Waals surface area contributed by atoms with Gasteiger partial charge in [-0.05, 0) is 19.1 Å². The van der Waals surface area contributed by atoms with E-state index in [1.54, 1.807) is 0 Å². The van der Waals surface area contributed by atoms with Crippen LogP contribution in [-0.2, 0) is 7.05 Å². The van der Waals surface area contributed by atoms with Crippen molar-refractivity contribution in [2.75, 3.05) is 0 Å². The van der Waals surface area contributed by atoms with Crippen molar-refractivity contribution in [3.05, 3.63) is 29.6 Å². The zero-order valence-electron chi connectivity index (χ0n) is 9.24. The molecule has 0 radical (unpaired) electrons. The molecule has 0 N–H and O–H groups in total. The van der Waals surface area contributed by atoms with Crippen LogP contribution in [0, 0.1) is 6.92 Å². The minimum atomic E-state index is 0.152. The summed E-state index contributed by atoms with van der Waals surface area (Å²) in [4.78, 5) is 16.1. The second-order valence-corrected chi connectivity index (χ2v) is 3.67. The average Bonchev–Trinajstić information content (AvgIpc) is 2.54. The fraction of sp³-hybridized carbons (Fsp3) is 0.333. The van der Waals surface area contributed by atoms with Gasteiger partial charge in [0.25, 0.3) is 0 Å². The number of carbonyl (C=O) groups is 1. The fourth-order valence-corrected chi connectivity index (χ4v) is 1.75. The molecule has 0 atom stereocenters. The van der Waals surface area contributed by atoms with E-state index in [1.165, 1.54) is 0 Å². The molecule has 15 heavy (non-hydrogen) atoms. The lowest BCUT2D eigenvalue weighted by atomic mass is 10.1. The molecular formula is C12H14N2O. The van der Waals surface area contributed by atoms with Crippen molar-refractivity contribution < 1.29 is 4.79 Å². The van der Waals surface area contributed by atoms with E-state index in [9.17, 15) is 4.79 Å². The Morgan fingerprint density at radius 1 is 1.47 bits per heavy atom.